The van der Waals surface area contributed by atoms with E-state index in [-0.39, 0.29) is 24.8 Å². The van der Waals surface area contributed by atoms with E-state index in [4.69, 9.17) is 4.74 Å². The molecule has 2 heterocycles. The van der Waals surface area contributed by atoms with Crippen LogP contribution in [0.4, 0.5) is 0 Å². The predicted molar refractivity (Wildman–Crippen MR) is 103 cm³/mol. The SMILES string of the molecule is Cc1cc(C(=O)COC(=O)Cc2cccs2)c(C)n1Cc1ccccc1. The number of ether oxygens (including phenoxy) is 1. The summed E-state index contributed by atoms with van der Waals surface area (Å²) in [7, 11) is 0. The van der Waals surface area contributed by atoms with Gasteiger partial charge in [-0.05, 0) is 36.9 Å². The number of ketones is 1. The van der Waals surface area contributed by atoms with Crippen LogP contribution in [0.15, 0.2) is 53.9 Å². The monoisotopic (exact) mass is 367 g/mol. The Balaban J connectivity index is 1.64. The molecule has 0 bridgehead atoms. The smallest absolute Gasteiger partial charge is 0.311 e. The van der Waals surface area contributed by atoms with E-state index in [2.05, 4.69) is 16.7 Å². The number of benzene rings is 1. The highest BCUT2D eigenvalue weighted by Crippen LogP contribution is 2.18. The molecule has 0 aliphatic carbocycles. The fourth-order valence-corrected chi connectivity index (χ4v) is 3.61. The Bertz CT molecular complexity index is 895. The minimum absolute atomic E-state index is 0.169. The Kier molecular flexibility index (Phi) is 5.68. The minimum atomic E-state index is -0.376. The fraction of sp³-hybridized carbons (Fsp3) is 0.238. The van der Waals surface area contributed by atoms with Gasteiger partial charge in [-0.25, -0.2) is 0 Å². The van der Waals surface area contributed by atoms with E-state index in [1.54, 1.807) is 0 Å². The number of thiophene rings is 1. The van der Waals surface area contributed by atoms with Crippen LogP contribution in [0.2, 0.25) is 0 Å². The van der Waals surface area contributed by atoms with Crippen LogP contribution < -0.4 is 0 Å². The number of hydrogen-bond donors (Lipinski definition) is 0. The average Bonchev–Trinajstić information content (AvgIpc) is 3.24. The lowest BCUT2D eigenvalue weighted by Gasteiger charge is -2.10. The van der Waals surface area contributed by atoms with Crippen molar-refractivity contribution in [1.82, 2.24) is 4.57 Å². The first-order chi connectivity index (χ1) is 12.5. The number of carbonyl (C=O) groups excluding carboxylic acids is 2. The maximum atomic E-state index is 12.5. The third kappa shape index (κ3) is 4.29. The van der Waals surface area contributed by atoms with Gasteiger partial charge in [0, 0.05) is 28.4 Å². The van der Waals surface area contributed by atoms with Crippen molar-refractivity contribution in [3.05, 3.63) is 81.3 Å². The van der Waals surface area contributed by atoms with Gasteiger partial charge in [-0.15, -0.1) is 11.3 Å². The average molecular weight is 367 g/mol. The number of aromatic nitrogens is 1. The molecule has 5 heteroatoms. The van der Waals surface area contributed by atoms with Crippen molar-refractivity contribution in [2.45, 2.75) is 26.8 Å². The van der Waals surface area contributed by atoms with E-state index >= 15 is 0 Å². The van der Waals surface area contributed by atoms with Gasteiger partial charge in [-0.2, -0.15) is 0 Å². The van der Waals surface area contributed by atoms with Crippen LogP contribution in [0, 0.1) is 13.8 Å². The van der Waals surface area contributed by atoms with E-state index < -0.39 is 0 Å². The van der Waals surface area contributed by atoms with Crippen molar-refractivity contribution in [1.29, 1.82) is 0 Å². The third-order valence-electron chi connectivity index (χ3n) is 4.32. The van der Waals surface area contributed by atoms with Crippen molar-refractivity contribution in [2.75, 3.05) is 6.61 Å². The normalized spacial score (nSPS) is 10.7. The van der Waals surface area contributed by atoms with E-state index in [9.17, 15) is 9.59 Å². The first-order valence-electron chi connectivity index (χ1n) is 8.46. The Hall–Kier alpha value is -2.66. The molecule has 0 spiro atoms. The van der Waals surface area contributed by atoms with Gasteiger partial charge in [0.2, 0.25) is 5.78 Å². The number of rotatable bonds is 7. The molecule has 3 rings (SSSR count). The van der Waals surface area contributed by atoms with Crippen LogP contribution >= 0.6 is 11.3 Å². The molecule has 4 nitrogen and oxygen atoms in total. The molecule has 0 saturated heterocycles. The molecule has 1 aromatic carbocycles. The van der Waals surface area contributed by atoms with Crippen molar-refractivity contribution >= 4 is 23.1 Å². The molecular weight excluding hydrogens is 346 g/mol. The largest absolute Gasteiger partial charge is 0.457 e. The van der Waals surface area contributed by atoms with Gasteiger partial charge in [0.15, 0.2) is 6.61 Å². The molecule has 0 aliphatic rings. The van der Waals surface area contributed by atoms with Crippen molar-refractivity contribution in [2.24, 2.45) is 0 Å². The molecule has 0 saturated carbocycles. The molecular formula is C21H21NO3S. The first kappa shape index (κ1) is 18.1. The second-order valence-corrected chi connectivity index (χ2v) is 7.23. The summed E-state index contributed by atoms with van der Waals surface area (Å²) < 4.78 is 7.27. The summed E-state index contributed by atoms with van der Waals surface area (Å²) in [5.41, 5.74) is 3.70. The Labute approximate surface area is 157 Å². The van der Waals surface area contributed by atoms with Gasteiger partial charge < -0.3 is 9.30 Å². The highest BCUT2D eigenvalue weighted by Gasteiger charge is 2.17. The second kappa shape index (κ2) is 8.15. The number of hydrogen-bond acceptors (Lipinski definition) is 4. The molecule has 0 fully saturated rings. The molecule has 0 unspecified atom stereocenters. The van der Waals surface area contributed by atoms with Crippen LogP contribution in [0.25, 0.3) is 0 Å². The van der Waals surface area contributed by atoms with Crippen LogP contribution in [-0.4, -0.2) is 22.9 Å². The number of carbonyl (C=O) groups is 2. The predicted octanol–water partition coefficient (Wildman–Crippen LogP) is 4.18. The summed E-state index contributed by atoms with van der Waals surface area (Å²) in [6.45, 7) is 4.40. The molecule has 0 aliphatic heterocycles. The molecule has 2 aromatic heterocycles. The number of esters is 1. The maximum Gasteiger partial charge on any atom is 0.311 e. The van der Waals surface area contributed by atoms with Gasteiger partial charge in [0.05, 0.1) is 6.42 Å². The summed E-state index contributed by atoms with van der Waals surface area (Å²) in [5, 5.41) is 1.91. The topological polar surface area (TPSA) is 48.3 Å². The summed E-state index contributed by atoms with van der Waals surface area (Å²) in [5.74, 6) is -0.546. The van der Waals surface area contributed by atoms with Gasteiger partial charge in [0.25, 0.3) is 0 Å². The summed E-state index contributed by atoms with van der Waals surface area (Å²) >= 11 is 1.50. The van der Waals surface area contributed by atoms with E-state index in [0.717, 1.165) is 16.3 Å². The lowest BCUT2D eigenvalue weighted by molar-refractivity contribution is -0.141. The van der Waals surface area contributed by atoms with Crippen LogP contribution in [0.5, 0.6) is 0 Å². The van der Waals surface area contributed by atoms with Crippen LogP contribution in [0.1, 0.15) is 32.2 Å². The first-order valence-corrected chi connectivity index (χ1v) is 9.34. The number of aryl methyl sites for hydroxylation is 1. The molecule has 134 valence electrons. The summed E-state index contributed by atoms with van der Waals surface area (Å²) in [6, 6.07) is 15.8. The van der Waals surface area contributed by atoms with Gasteiger partial charge >= 0.3 is 5.97 Å². The van der Waals surface area contributed by atoms with Gasteiger partial charge in [-0.1, -0.05) is 36.4 Å². The van der Waals surface area contributed by atoms with E-state index in [1.165, 1.54) is 16.9 Å². The summed E-state index contributed by atoms with van der Waals surface area (Å²) in [6.07, 6.45) is 0.206. The van der Waals surface area contributed by atoms with Crippen molar-refractivity contribution < 1.29 is 14.3 Å². The standard InChI is InChI=1S/C21H21NO3S/c1-15-11-19(16(2)22(15)13-17-7-4-3-5-8-17)20(23)14-25-21(24)12-18-9-6-10-26-18/h3-11H,12-14H2,1-2H3. The minimum Gasteiger partial charge on any atom is -0.457 e. The van der Waals surface area contributed by atoms with Crippen LogP contribution in [-0.2, 0) is 22.5 Å². The zero-order chi connectivity index (χ0) is 18.5. The molecule has 0 amide bonds. The lowest BCUT2D eigenvalue weighted by Crippen LogP contribution is -2.16. The van der Waals surface area contributed by atoms with Gasteiger partial charge in [-0.3, -0.25) is 9.59 Å². The lowest BCUT2D eigenvalue weighted by atomic mass is 10.1. The van der Waals surface area contributed by atoms with Crippen molar-refractivity contribution in [3.63, 3.8) is 0 Å². The van der Waals surface area contributed by atoms with E-state index in [0.29, 0.717) is 12.1 Å². The third-order valence-corrected chi connectivity index (χ3v) is 5.20. The Morgan fingerprint density at radius 1 is 1.08 bits per heavy atom. The Morgan fingerprint density at radius 3 is 2.54 bits per heavy atom. The second-order valence-electron chi connectivity index (χ2n) is 6.20. The fourth-order valence-electron chi connectivity index (χ4n) is 2.92. The summed E-state index contributed by atoms with van der Waals surface area (Å²) in [4.78, 5) is 25.3. The van der Waals surface area contributed by atoms with Crippen LogP contribution in [0.3, 0.4) is 0 Å². The highest BCUT2D eigenvalue weighted by atomic mass is 32.1. The highest BCUT2D eigenvalue weighted by molar-refractivity contribution is 7.10. The molecule has 0 N–H and O–H groups in total. The zero-order valence-corrected chi connectivity index (χ0v) is 15.7. The Morgan fingerprint density at radius 2 is 1.85 bits per heavy atom. The molecule has 3 aromatic rings. The van der Waals surface area contributed by atoms with Crippen molar-refractivity contribution in [3.8, 4) is 0 Å². The molecule has 0 atom stereocenters. The quantitative estimate of drug-likeness (QED) is 0.465. The molecule has 0 radical (unpaired) electrons. The number of nitrogens with zero attached hydrogens (tertiary/aromatic N) is 1. The number of Topliss-reactive ketones (excluding diaryl/α,β-unsaturated/α-hetero) is 1. The molecule has 26 heavy (non-hydrogen) atoms. The van der Waals surface area contributed by atoms with E-state index in [1.807, 2.05) is 55.6 Å². The zero-order valence-electron chi connectivity index (χ0n) is 14.9. The van der Waals surface area contributed by atoms with Gasteiger partial charge in [0.1, 0.15) is 0 Å². The maximum absolute atomic E-state index is 12.5.